The molecular weight excluding hydrogens is 374 g/mol. The highest BCUT2D eigenvalue weighted by atomic mass is 32.1. The predicted octanol–water partition coefficient (Wildman–Crippen LogP) is 2.51. The molecule has 2 N–H and O–H groups in total. The lowest BCUT2D eigenvalue weighted by molar-refractivity contribution is 0.114. The van der Waals surface area contributed by atoms with Gasteiger partial charge in [0.1, 0.15) is 5.82 Å². The molecule has 7 nitrogen and oxygen atoms in total. The van der Waals surface area contributed by atoms with Gasteiger partial charge in [-0.25, -0.2) is 0 Å². The van der Waals surface area contributed by atoms with Crippen LogP contribution in [0.4, 0.5) is 11.8 Å². The molecule has 148 valence electrons. The van der Waals surface area contributed by atoms with Crippen molar-refractivity contribution in [2.75, 3.05) is 37.0 Å². The summed E-state index contributed by atoms with van der Waals surface area (Å²) in [4.78, 5) is 11.3. The van der Waals surface area contributed by atoms with Crippen molar-refractivity contribution >= 4 is 29.1 Å². The zero-order valence-corrected chi connectivity index (χ0v) is 16.8. The molecular formula is C20H25N5O2S. The van der Waals surface area contributed by atoms with E-state index in [1.54, 1.807) is 7.11 Å². The van der Waals surface area contributed by atoms with Crippen molar-refractivity contribution in [2.24, 2.45) is 0 Å². The smallest absolute Gasteiger partial charge is 0.234 e. The van der Waals surface area contributed by atoms with Gasteiger partial charge in [-0.1, -0.05) is 24.3 Å². The molecule has 1 fully saturated rings. The Kier molecular flexibility index (Phi) is 5.87. The molecule has 0 bridgehead atoms. The number of methoxy groups -OCH3 is 1. The zero-order valence-electron chi connectivity index (χ0n) is 16.0. The molecule has 1 saturated heterocycles. The molecule has 3 heterocycles. The van der Waals surface area contributed by atoms with E-state index in [-0.39, 0.29) is 6.10 Å². The fourth-order valence-corrected chi connectivity index (χ4v) is 3.76. The van der Waals surface area contributed by atoms with Crippen LogP contribution >= 0.6 is 12.2 Å². The SMILES string of the molecule is COc1cc(N2CCc3ccccc3C2)nc(NC(=S)NC[C@@H]2CCCO2)n1. The summed E-state index contributed by atoms with van der Waals surface area (Å²) in [7, 11) is 1.61. The number of thiocarbonyl (C=S) groups is 1. The number of nitrogens with one attached hydrogen (secondary N) is 2. The third-order valence-corrected chi connectivity index (χ3v) is 5.34. The fraction of sp³-hybridized carbons (Fsp3) is 0.450. The maximum Gasteiger partial charge on any atom is 0.234 e. The summed E-state index contributed by atoms with van der Waals surface area (Å²) >= 11 is 5.39. The van der Waals surface area contributed by atoms with Gasteiger partial charge in [-0.3, -0.25) is 0 Å². The summed E-state index contributed by atoms with van der Waals surface area (Å²) in [5.74, 6) is 1.76. The van der Waals surface area contributed by atoms with Crippen LogP contribution in [0.3, 0.4) is 0 Å². The molecule has 2 aliphatic heterocycles. The third kappa shape index (κ3) is 4.51. The topological polar surface area (TPSA) is 71.5 Å². The highest BCUT2D eigenvalue weighted by molar-refractivity contribution is 7.80. The van der Waals surface area contributed by atoms with Crippen LogP contribution in [0, 0.1) is 0 Å². The molecule has 0 amide bonds. The van der Waals surface area contributed by atoms with Gasteiger partial charge in [0.05, 0.1) is 13.2 Å². The average molecular weight is 400 g/mol. The van der Waals surface area contributed by atoms with Crippen LogP contribution in [-0.2, 0) is 17.7 Å². The summed E-state index contributed by atoms with van der Waals surface area (Å²) in [6, 6.07) is 10.4. The highest BCUT2D eigenvalue weighted by Crippen LogP contribution is 2.26. The van der Waals surface area contributed by atoms with Crippen molar-refractivity contribution in [3.8, 4) is 5.88 Å². The highest BCUT2D eigenvalue weighted by Gasteiger charge is 2.19. The lowest BCUT2D eigenvalue weighted by Crippen LogP contribution is -2.35. The van der Waals surface area contributed by atoms with E-state index in [4.69, 9.17) is 21.7 Å². The van der Waals surface area contributed by atoms with E-state index in [1.807, 2.05) is 6.07 Å². The average Bonchev–Trinajstić information content (AvgIpc) is 3.25. The standard InChI is InChI=1S/C20H25N5O2S/c1-26-18-11-17(25-9-8-14-5-2-3-6-15(14)13-25)22-19(23-18)24-20(28)21-12-16-7-4-10-27-16/h2-3,5-6,11,16H,4,7-10,12-13H2,1H3,(H2,21,22,23,24,28)/t16-/m0/s1. The third-order valence-electron chi connectivity index (χ3n) is 5.09. The number of nitrogens with zero attached hydrogens (tertiary/aromatic N) is 3. The summed E-state index contributed by atoms with van der Waals surface area (Å²) in [6.07, 6.45) is 3.38. The van der Waals surface area contributed by atoms with E-state index in [0.29, 0.717) is 23.5 Å². The first kappa shape index (κ1) is 18.9. The van der Waals surface area contributed by atoms with Gasteiger partial charge in [-0.05, 0) is 42.6 Å². The van der Waals surface area contributed by atoms with Gasteiger partial charge in [-0.15, -0.1) is 0 Å². The Morgan fingerprint density at radius 3 is 2.96 bits per heavy atom. The van der Waals surface area contributed by atoms with Crippen molar-refractivity contribution in [3.63, 3.8) is 0 Å². The quantitative estimate of drug-likeness (QED) is 0.744. The van der Waals surface area contributed by atoms with E-state index in [9.17, 15) is 0 Å². The summed E-state index contributed by atoms with van der Waals surface area (Å²) in [6.45, 7) is 3.23. The molecule has 0 saturated carbocycles. The van der Waals surface area contributed by atoms with E-state index >= 15 is 0 Å². The minimum Gasteiger partial charge on any atom is -0.481 e. The van der Waals surface area contributed by atoms with Gasteiger partial charge in [-0.2, -0.15) is 9.97 Å². The second-order valence-corrected chi connectivity index (χ2v) is 7.41. The number of anilines is 2. The largest absolute Gasteiger partial charge is 0.481 e. The molecule has 1 atom stereocenters. The Bertz CT molecular complexity index is 841. The second-order valence-electron chi connectivity index (χ2n) is 7.00. The molecule has 4 rings (SSSR count). The number of ether oxygens (including phenoxy) is 2. The normalized spacial score (nSPS) is 18.5. The van der Waals surface area contributed by atoms with Crippen molar-refractivity contribution in [1.82, 2.24) is 15.3 Å². The Labute approximate surface area is 170 Å². The Balaban J connectivity index is 1.44. The van der Waals surface area contributed by atoms with Crippen LogP contribution in [-0.4, -0.2) is 48.0 Å². The van der Waals surface area contributed by atoms with Crippen molar-refractivity contribution in [1.29, 1.82) is 0 Å². The number of hydrogen-bond acceptors (Lipinski definition) is 6. The first-order valence-corrected chi connectivity index (χ1v) is 10.0. The van der Waals surface area contributed by atoms with Crippen molar-refractivity contribution in [3.05, 3.63) is 41.5 Å². The number of benzene rings is 1. The van der Waals surface area contributed by atoms with Gasteiger partial charge in [0.25, 0.3) is 0 Å². The fourth-order valence-electron chi connectivity index (χ4n) is 3.58. The van der Waals surface area contributed by atoms with Gasteiger partial charge in [0.2, 0.25) is 11.8 Å². The molecule has 2 aromatic rings. The molecule has 28 heavy (non-hydrogen) atoms. The van der Waals surface area contributed by atoms with Gasteiger partial charge in [0.15, 0.2) is 5.11 Å². The lowest BCUT2D eigenvalue weighted by atomic mass is 10.00. The number of hydrogen-bond donors (Lipinski definition) is 2. The van der Waals surface area contributed by atoms with E-state index < -0.39 is 0 Å². The van der Waals surface area contributed by atoms with Crippen LogP contribution in [0.25, 0.3) is 0 Å². The number of aromatic nitrogens is 2. The Hall–Kier alpha value is -2.45. The first-order chi connectivity index (χ1) is 13.7. The molecule has 1 aromatic carbocycles. The molecule has 0 radical (unpaired) electrons. The van der Waals surface area contributed by atoms with Crippen LogP contribution in [0.15, 0.2) is 30.3 Å². The summed E-state index contributed by atoms with van der Waals surface area (Å²) < 4.78 is 11.0. The Morgan fingerprint density at radius 2 is 2.18 bits per heavy atom. The minimum atomic E-state index is 0.218. The monoisotopic (exact) mass is 399 g/mol. The van der Waals surface area contributed by atoms with Crippen LogP contribution in [0.1, 0.15) is 24.0 Å². The van der Waals surface area contributed by atoms with Crippen LogP contribution in [0.2, 0.25) is 0 Å². The van der Waals surface area contributed by atoms with E-state index in [0.717, 1.165) is 44.8 Å². The van der Waals surface area contributed by atoms with Crippen LogP contribution in [0.5, 0.6) is 5.88 Å². The van der Waals surface area contributed by atoms with Gasteiger partial charge < -0.3 is 25.0 Å². The zero-order chi connectivity index (χ0) is 19.3. The van der Waals surface area contributed by atoms with Crippen molar-refractivity contribution < 1.29 is 9.47 Å². The van der Waals surface area contributed by atoms with Gasteiger partial charge >= 0.3 is 0 Å². The predicted molar refractivity (Wildman–Crippen MR) is 113 cm³/mol. The molecule has 0 unspecified atom stereocenters. The molecule has 1 aromatic heterocycles. The van der Waals surface area contributed by atoms with E-state index in [1.165, 1.54) is 11.1 Å². The number of fused-ring (bicyclic) bond motifs is 1. The lowest BCUT2D eigenvalue weighted by Gasteiger charge is -2.30. The molecule has 8 heteroatoms. The Morgan fingerprint density at radius 1 is 1.32 bits per heavy atom. The summed E-state index contributed by atoms with van der Waals surface area (Å²) in [5.41, 5.74) is 2.73. The molecule has 2 aliphatic rings. The molecule has 0 spiro atoms. The summed E-state index contributed by atoms with van der Waals surface area (Å²) in [5, 5.41) is 6.74. The molecule has 0 aliphatic carbocycles. The maximum absolute atomic E-state index is 5.61. The van der Waals surface area contributed by atoms with Gasteiger partial charge in [0, 0.05) is 32.3 Å². The van der Waals surface area contributed by atoms with Crippen molar-refractivity contribution in [2.45, 2.75) is 31.9 Å². The van der Waals surface area contributed by atoms with Crippen LogP contribution < -0.4 is 20.3 Å². The first-order valence-electron chi connectivity index (χ1n) is 9.62. The van der Waals surface area contributed by atoms with E-state index in [2.05, 4.69) is 49.8 Å². The second kappa shape index (κ2) is 8.70. The number of rotatable bonds is 5. The minimum absolute atomic E-state index is 0.218. The maximum atomic E-state index is 5.61.